The number of likely N-dealkylation sites (N-methyl/N-ethyl adjacent to an activating group) is 1. The van der Waals surface area contributed by atoms with Crippen molar-refractivity contribution in [1.29, 1.82) is 0 Å². The molecule has 0 fully saturated rings. The molecular weight excluding hydrogens is 380 g/mol. The zero-order valence-electron chi connectivity index (χ0n) is 21.3. The monoisotopic (exact) mass is 435 g/mol. The van der Waals surface area contributed by atoms with Crippen LogP contribution in [-0.4, -0.2) is 48.2 Å². The number of unbranched alkanes of at least 4 members (excludes halogenated alkanes) is 15. The van der Waals surface area contributed by atoms with Crippen LogP contribution >= 0.6 is 0 Å². The van der Waals surface area contributed by atoms with Crippen molar-refractivity contribution in [3.8, 4) is 0 Å². The molecule has 3 heteroatoms. The van der Waals surface area contributed by atoms with E-state index in [-0.39, 0.29) is 6.61 Å². The van der Waals surface area contributed by atoms with Gasteiger partial charge in [-0.3, -0.25) is 4.48 Å². The van der Waals surface area contributed by atoms with Crippen LogP contribution in [0, 0.1) is 0 Å². The highest BCUT2D eigenvalue weighted by molar-refractivity contribution is 5.76. The van der Waals surface area contributed by atoms with E-state index in [2.05, 4.69) is 26.0 Å². The van der Waals surface area contributed by atoms with Crippen LogP contribution in [0.3, 0.4) is 0 Å². The van der Waals surface area contributed by atoms with Crippen molar-refractivity contribution < 1.29 is 9.59 Å². The second-order valence-electron chi connectivity index (χ2n) is 9.68. The maximum absolute atomic E-state index is 9.40. The highest BCUT2D eigenvalue weighted by atomic mass is 16.3. The highest BCUT2D eigenvalue weighted by Crippen LogP contribution is 2.20. The Bertz CT molecular complexity index is 460. The second-order valence-corrected chi connectivity index (χ2v) is 9.68. The average Bonchev–Trinajstić information content (AvgIpc) is 3.18. The van der Waals surface area contributed by atoms with Gasteiger partial charge in [-0.05, 0) is 39.0 Å². The third-order valence-electron chi connectivity index (χ3n) is 7.17. The van der Waals surface area contributed by atoms with Gasteiger partial charge in [0.25, 0.3) is 0 Å². The molecule has 0 amide bonds. The van der Waals surface area contributed by atoms with Gasteiger partial charge in [0.1, 0.15) is 13.1 Å². The van der Waals surface area contributed by atoms with E-state index >= 15 is 0 Å². The van der Waals surface area contributed by atoms with Crippen molar-refractivity contribution in [3.63, 3.8) is 0 Å². The van der Waals surface area contributed by atoms with Crippen LogP contribution in [0.2, 0.25) is 0 Å². The SMILES string of the molecule is CCCCCCCCCCCCC/C=C/CCCCCCC1=NCC[N+]1(CC)CCO. The third kappa shape index (κ3) is 13.5. The number of allylic oxidation sites excluding steroid dienone is 2. The Morgan fingerprint density at radius 2 is 1.26 bits per heavy atom. The van der Waals surface area contributed by atoms with Gasteiger partial charge in [-0.25, -0.2) is 4.99 Å². The fourth-order valence-corrected chi connectivity index (χ4v) is 4.96. The number of hydrogen-bond acceptors (Lipinski definition) is 2. The minimum absolute atomic E-state index is 0.276. The summed E-state index contributed by atoms with van der Waals surface area (Å²) in [6, 6.07) is 0. The summed E-state index contributed by atoms with van der Waals surface area (Å²) in [5, 5.41) is 9.40. The molecule has 0 aromatic heterocycles. The van der Waals surface area contributed by atoms with Gasteiger partial charge in [-0.2, -0.15) is 0 Å². The lowest BCUT2D eigenvalue weighted by molar-refractivity contribution is -0.835. The summed E-state index contributed by atoms with van der Waals surface area (Å²) in [6.07, 6.45) is 29.4. The van der Waals surface area contributed by atoms with Gasteiger partial charge in [0, 0.05) is 6.42 Å². The molecule has 1 N–H and O–H groups in total. The summed E-state index contributed by atoms with van der Waals surface area (Å²) in [4.78, 5) is 4.76. The van der Waals surface area contributed by atoms with Crippen LogP contribution in [0.5, 0.6) is 0 Å². The van der Waals surface area contributed by atoms with Crippen LogP contribution in [0.4, 0.5) is 0 Å². The predicted octanol–water partition coefficient (Wildman–Crippen LogP) is 7.83. The molecule has 0 aromatic carbocycles. The molecule has 3 nitrogen and oxygen atoms in total. The van der Waals surface area contributed by atoms with Crippen molar-refractivity contribution >= 4 is 5.84 Å². The number of aliphatic hydroxyl groups excluding tert-OH is 1. The molecule has 0 spiro atoms. The summed E-state index contributed by atoms with van der Waals surface area (Å²) in [7, 11) is 0. The van der Waals surface area contributed by atoms with Gasteiger partial charge in [0.2, 0.25) is 0 Å². The molecule has 0 saturated heterocycles. The molecule has 0 aliphatic carbocycles. The molecule has 1 atom stereocenters. The first-order valence-electron chi connectivity index (χ1n) is 13.9. The molecule has 31 heavy (non-hydrogen) atoms. The summed E-state index contributed by atoms with van der Waals surface area (Å²) in [5.74, 6) is 1.35. The van der Waals surface area contributed by atoms with Crippen molar-refractivity contribution in [2.24, 2.45) is 4.99 Å². The Morgan fingerprint density at radius 3 is 1.77 bits per heavy atom. The zero-order chi connectivity index (χ0) is 22.5. The average molecular weight is 436 g/mol. The Balaban J connectivity index is 1.86. The molecular formula is C28H55N2O+. The van der Waals surface area contributed by atoms with Crippen LogP contribution in [0.25, 0.3) is 0 Å². The molecule has 1 heterocycles. The Labute approximate surface area is 195 Å². The zero-order valence-corrected chi connectivity index (χ0v) is 21.3. The van der Waals surface area contributed by atoms with Gasteiger partial charge >= 0.3 is 0 Å². The molecule has 1 aliphatic rings. The van der Waals surface area contributed by atoms with E-state index in [0.29, 0.717) is 0 Å². The summed E-state index contributed by atoms with van der Waals surface area (Å²) in [6.45, 7) is 8.77. The molecule has 1 unspecified atom stereocenters. The van der Waals surface area contributed by atoms with E-state index in [1.807, 2.05) is 0 Å². The van der Waals surface area contributed by atoms with Crippen molar-refractivity contribution in [2.75, 3.05) is 32.8 Å². The molecule has 0 aromatic rings. The third-order valence-corrected chi connectivity index (χ3v) is 7.17. The largest absolute Gasteiger partial charge is 0.390 e. The van der Waals surface area contributed by atoms with Gasteiger partial charge in [0.05, 0.1) is 19.7 Å². The Morgan fingerprint density at radius 1 is 0.742 bits per heavy atom. The first kappa shape index (κ1) is 28.4. The van der Waals surface area contributed by atoms with E-state index < -0.39 is 0 Å². The number of aliphatic imine (C=N–C) groups is 1. The van der Waals surface area contributed by atoms with Crippen LogP contribution in [0.15, 0.2) is 17.1 Å². The number of amidine groups is 1. The topological polar surface area (TPSA) is 32.6 Å². The van der Waals surface area contributed by atoms with Gasteiger partial charge in [0.15, 0.2) is 5.84 Å². The Kier molecular flexibility index (Phi) is 18.3. The smallest absolute Gasteiger partial charge is 0.198 e. The number of rotatable bonds is 22. The van der Waals surface area contributed by atoms with Crippen molar-refractivity contribution in [3.05, 3.63) is 12.2 Å². The summed E-state index contributed by atoms with van der Waals surface area (Å²) >= 11 is 0. The number of nitrogens with zero attached hydrogens (tertiary/aromatic N) is 2. The van der Waals surface area contributed by atoms with E-state index in [9.17, 15) is 5.11 Å². The lowest BCUT2D eigenvalue weighted by atomic mass is 10.0. The van der Waals surface area contributed by atoms with E-state index in [4.69, 9.17) is 4.99 Å². The van der Waals surface area contributed by atoms with Gasteiger partial charge in [-0.15, -0.1) is 0 Å². The van der Waals surface area contributed by atoms with E-state index in [1.165, 1.54) is 115 Å². The van der Waals surface area contributed by atoms with Crippen LogP contribution in [0.1, 0.15) is 129 Å². The molecule has 0 saturated carbocycles. The fraction of sp³-hybridized carbons (Fsp3) is 0.893. The molecule has 0 bridgehead atoms. The number of aliphatic hydroxyl groups is 1. The Hall–Kier alpha value is -0.670. The quantitative estimate of drug-likeness (QED) is 0.105. The van der Waals surface area contributed by atoms with E-state index in [1.54, 1.807) is 0 Å². The summed E-state index contributed by atoms with van der Waals surface area (Å²) < 4.78 is 0.943. The minimum atomic E-state index is 0.276. The second kappa shape index (κ2) is 20.0. The van der Waals surface area contributed by atoms with Crippen molar-refractivity contribution in [2.45, 2.75) is 129 Å². The van der Waals surface area contributed by atoms with Crippen LogP contribution in [-0.2, 0) is 0 Å². The van der Waals surface area contributed by atoms with Crippen LogP contribution < -0.4 is 0 Å². The highest BCUT2D eigenvalue weighted by Gasteiger charge is 2.35. The van der Waals surface area contributed by atoms with Crippen molar-refractivity contribution in [1.82, 2.24) is 0 Å². The molecule has 182 valence electrons. The standard InChI is InChI=1S/C28H55N2O/c1-3-5-6-7-8-9-10-11-12-13-14-15-16-17-18-19-20-21-22-23-28-29-24-25-30(28,4-2)26-27-31/h16-17,31H,3-15,18-27H2,1-2H3/q+1/b17-16+. The number of quaternary nitrogens is 1. The molecule has 1 rings (SSSR count). The lowest BCUT2D eigenvalue weighted by Crippen LogP contribution is -2.52. The summed E-state index contributed by atoms with van der Waals surface area (Å²) in [5.41, 5.74) is 0. The number of hydrogen-bond donors (Lipinski definition) is 1. The first-order chi connectivity index (χ1) is 15.3. The molecule has 1 aliphatic heterocycles. The normalized spacial score (nSPS) is 18.9. The fourth-order valence-electron chi connectivity index (χ4n) is 4.96. The minimum Gasteiger partial charge on any atom is -0.390 e. The lowest BCUT2D eigenvalue weighted by Gasteiger charge is -2.33. The maximum atomic E-state index is 9.40. The van der Waals surface area contributed by atoms with Gasteiger partial charge in [-0.1, -0.05) is 96.1 Å². The predicted molar refractivity (Wildman–Crippen MR) is 138 cm³/mol. The first-order valence-corrected chi connectivity index (χ1v) is 13.9. The van der Waals surface area contributed by atoms with Gasteiger partial charge < -0.3 is 5.11 Å². The maximum Gasteiger partial charge on any atom is 0.198 e. The molecule has 0 radical (unpaired) electrons. The van der Waals surface area contributed by atoms with E-state index in [0.717, 1.165) is 37.1 Å².